The maximum Gasteiger partial charge on any atom is 0.414 e. The number of carbonyl (C=O) groups is 8. The third-order valence-corrected chi connectivity index (χ3v) is 13.3. The molecule has 86 heavy (non-hydrogen) atoms. The van der Waals surface area contributed by atoms with Crippen molar-refractivity contribution in [2.75, 3.05) is 13.1 Å². The Labute approximate surface area is 499 Å². The number of aliphatic imine (C=N–C) groups is 1. The van der Waals surface area contributed by atoms with Crippen LogP contribution in [0.15, 0.2) is 169 Å². The van der Waals surface area contributed by atoms with E-state index in [4.69, 9.17) is 24.7 Å². The number of hydrogen-bond acceptors (Lipinski definition) is 14. The minimum Gasteiger partial charge on any atom is -0.508 e. The van der Waals surface area contributed by atoms with E-state index in [9.17, 15) is 43.5 Å². The highest BCUT2D eigenvalue weighted by Crippen LogP contribution is 2.23. The number of ether oxygens (including phenoxy) is 4. The fraction of sp³-hybridized carbons (Fsp3) is 0.297. The normalized spacial score (nSPS) is 12.0. The minimum absolute atomic E-state index is 0.0106. The first-order valence-corrected chi connectivity index (χ1v) is 28.0. The smallest absolute Gasteiger partial charge is 0.414 e. The SMILES string of the molecule is Cc1cc(O)cc(C)c1CC(NC(=O)OCc1ccccc1)C(=O)NC(CCCN=C(NC(=O)OCc1ccccc1)NC(=O)OCc1ccccc1)C(=O)NC(Cc1ccccc1)C(=O)NC(CCCCNC(=O)OCc1ccccc1)C(N)=O. The molecule has 22 heteroatoms. The second-order valence-electron chi connectivity index (χ2n) is 20.0. The van der Waals surface area contributed by atoms with Crippen molar-refractivity contribution in [2.24, 2.45) is 10.7 Å². The summed E-state index contributed by atoms with van der Waals surface area (Å²) >= 11 is 0. The highest BCUT2D eigenvalue weighted by molar-refractivity contribution is 6.01. The van der Waals surface area contributed by atoms with Gasteiger partial charge in [-0.1, -0.05) is 152 Å². The third kappa shape index (κ3) is 23.5. The molecule has 6 rings (SSSR count). The summed E-state index contributed by atoms with van der Waals surface area (Å²) in [6, 6.07) is 42.1. The number of guanidine groups is 1. The second-order valence-corrected chi connectivity index (χ2v) is 20.0. The van der Waals surface area contributed by atoms with E-state index >= 15 is 0 Å². The number of unbranched alkanes of at least 4 members (excludes halogenated alkanes) is 1. The summed E-state index contributed by atoms with van der Waals surface area (Å²) in [7, 11) is 0. The molecule has 0 radical (unpaired) electrons. The van der Waals surface area contributed by atoms with Crippen LogP contribution in [0.25, 0.3) is 0 Å². The summed E-state index contributed by atoms with van der Waals surface area (Å²) in [4.78, 5) is 113. The van der Waals surface area contributed by atoms with Crippen LogP contribution in [0.4, 0.5) is 19.2 Å². The van der Waals surface area contributed by atoms with Crippen LogP contribution >= 0.6 is 0 Å². The first kappa shape index (κ1) is 64.9. The Balaban J connectivity index is 1.22. The highest BCUT2D eigenvalue weighted by Gasteiger charge is 2.32. The van der Waals surface area contributed by atoms with Gasteiger partial charge in [0.2, 0.25) is 29.6 Å². The molecule has 0 aliphatic carbocycles. The molecule has 452 valence electrons. The zero-order chi connectivity index (χ0) is 61.5. The summed E-state index contributed by atoms with van der Waals surface area (Å²) in [6.07, 6.45) is -3.09. The van der Waals surface area contributed by atoms with Gasteiger partial charge in [0.15, 0.2) is 0 Å². The lowest BCUT2D eigenvalue weighted by molar-refractivity contribution is -0.133. The monoisotopic (exact) mass is 1180 g/mol. The Morgan fingerprint density at radius 1 is 0.453 bits per heavy atom. The lowest BCUT2D eigenvalue weighted by Gasteiger charge is -2.27. The van der Waals surface area contributed by atoms with E-state index in [1.165, 1.54) is 12.1 Å². The Kier molecular flexibility index (Phi) is 26.4. The molecule has 0 heterocycles. The maximum atomic E-state index is 14.9. The summed E-state index contributed by atoms with van der Waals surface area (Å²) < 4.78 is 21.6. The lowest BCUT2D eigenvalue weighted by Crippen LogP contribution is -2.58. The molecule has 4 atom stereocenters. The predicted octanol–water partition coefficient (Wildman–Crippen LogP) is 7.11. The van der Waals surface area contributed by atoms with Gasteiger partial charge in [0, 0.05) is 25.9 Å². The minimum atomic E-state index is -1.47. The molecule has 0 aliphatic heterocycles. The zero-order valence-electron chi connectivity index (χ0n) is 48.0. The zero-order valence-corrected chi connectivity index (χ0v) is 48.0. The van der Waals surface area contributed by atoms with Crippen molar-refractivity contribution in [3.63, 3.8) is 0 Å². The Hall–Kier alpha value is -10.2. The first-order valence-electron chi connectivity index (χ1n) is 28.0. The number of alkyl carbamates (subject to hydrolysis) is 4. The Morgan fingerprint density at radius 3 is 1.30 bits per heavy atom. The van der Waals surface area contributed by atoms with Crippen LogP contribution in [0.2, 0.25) is 0 Å². The van der Waals surface area contributed by atoms with Crippen LogP contribution in [-0.4, -0.2) is 96.3 Å². The number of benzene rings is 6. The van der Waals surface area contributed by atoms with Gasteiger partial charge >= 0.3 is 24.4 Å². The van der Waals surface area contributed by atoms with E-state index in [2.05, 4.69) is 42.2 Å². The third-order valence-electron chi connectivity index (χ3n) is 13.3. The Morgan fingerprint density at radius 2 is 0.837 bits per heavy atom. The number of amides is 8. The van der Waals surface area contributed by atoms with Gasteiger partial charge in [-0.25, -0.2) is 19.2 Å². The van der Waals surface area contributed by atoms with Gasteiger partial charge in [0.1, 0.15) is 56.3 Å². The molecular weight excluding hydrogens is 1100 g/mol. The molecule has 10 N–H and O–H groups in total. The number of nitrogens with two attached hydrogens (primary N) is 1. The van der Waals surface area contributed by atoms with E-state index in [0.29, 0.717) is 51.8 Å². The van der Waals surface area contributed by atoms with E-state index in [1.54, 1.807) is 135 Å². The molecule has 0 aromatic heterocycles. The Bertz CT molecular complexity index is 3110. The van der Waals surface area contributed by atoms with Gasteiger partial charge in [0.05, 0.1) is 0 Å². The number of phenolic OH excluding ortho intramolecular Hbond substituents is 1. The molecule has 4 unspecified atom stereocenters. The van der Waals surface area contributed by atoms with Gasteiger partial charge in [-0.3, -0.25) is 34.8 Å². The van der Waals surface area contributed by atoms with Gasteiger partial charge < -0.3 is 56.4 Å². The predicted molar refractivity (Wildman–Crippen MR) is 320 cm³/mol. The number of aryl methyl sites for hydroxylation is 2. The van der Waals surface area contributed by atoms with Crippen molar-refractivity contribution < 1.29 is 62.4 Å². The van der Waals surface area contributed by atoms with Crippen molar-refractivity contribution in [3.05, 3.63) is 208 Å². The molecule has 0 fully saturated rings. The van der Waals surface area contributed by atoms with E-state index in [1.807, 2.05) is 30.3 Å². The molecule has 0 saturated heterocycles. The molecule has 0 saturated carbocycles. The van der Waals surface area contributed by atoms with Crippen LogP contribution in [0.5, 0.6) is 5.75 Å². The maximum absolute atomic E-state index is 14.9. The summed E-state index contributed by atoms with van der Waals surface area (Å²) in [5.41, 5.74) is 11.1. The standard InChI is InChI=1S/C64H73N9O13/c1-43-35-50(74)36-44(2)51(43)38-55(71-62(80)84-40-47-25-12-5-13-26-47)59(78)69-53(32-20-34-66-60(72-63(81)85-41-48-27-14-6-15-28-48)73-64(82)86-42-49-29-16-7-17-30-49)57(76)70-54(37-45-21-8-3-9-22-45)58(77)68-52(56(65)75)31-18-19-33-67-61(79)83-39-46-23-10-4-11-24-46/h3-17,21-30,35-36,52-55,74H,18-20,31-34,37-42H2,1-2H3,(H2,65,75)(H,67,79)(H,68,77)(H,69,78)(H,70,76)(H,71,80)(H2,66,72,73,81,82). The molecule has 6 aromatic carbocycles. The number of nitrogens with one attached hydrogen (secondary N) is 7. The van der Waals surface area contributed by atoms with Gasteiger partial charge in [0.25, 0.3) is 0 Å². The van der Waals surface area contributed by atoms with E-state index in [-0.39, 0.29) is 83.3 Å². The molecule has 0 aliphatic rings. The molecule has 6 aromatic rings. The van der Waals surface area contributed by atoms with Gasteiger partial charge in [-0.2, -0.15) is 0 Å². The first-order chi connectivity index (χ1) is 41.6. The molecular formula is C64H73N9O13. The average molecular weight is 1180 g/mol. The highest BCUT2D eigenvalue weighted by atomic mass is 16.6. The fourth-order valence-electron chi connectivity index (χ4n) is 8.79. The summed E-state index contributed by atoms with van der Waals surface area (Å²) in [6.45, 7) is 3.21. The number of rotatable bonds is 29. The van der Waals surface area contributed by atoms with Crippen LogP contribution in [0, 0.1) is 13.8 Å². The van der Waals surface area contributed by atoms with Crippen molar-refractivity contribution in [2.45, 2.75) is 109 Å². The van der Waals surface area contributed by atoms with E-state index in [0.717, 1.165) is 5.56 Å². The lowest BCUT2D eigenvalue weighted by atomic mass is 9.95. The number of aromatic hydroxyl groups is 1. The largest absolute Gasteiger partial charge is 0.508 e. The van der Waals surface area contributed by atoms with Crippen molar-refractivity contribution in [3.8, 4) is 5.75 Å². The van der Waals surface area contributed by atoms with Crippen LogP contribution in [0.3, 0.4) is 0 Å². The number of nitrogens with zero attached hydrogens (tertiary/aromatic N) is 1. The van der Waals surface area contributed by atoms with Crippen molar-refractivity contribution >= 4 is 54.0 Å². The second kappa shape index (κ2) is 35.0. The number of carbonyl (C=O) groups excluding carboxylic acids is 8. The molecule has 0 spiro atoms. The summed E-state index contributed by atoms with van der Waals surface area (Å²) in [5, 5.41) is 28.8. The van der Waals surface area contributed by atoms with Crippen LogP contribution in [-0.2, 0) is 77.4 Å². The van der Waals surface area contributed by atoms with Crippen LogP contribution < -0.4 is 43.0 Å². The van der Waals surface area contributed by atoms with Crippen molar-refractivity contribution in [1.29, 1.82) is 0 Å². The van der Waals surface area contributed by atoms with Gasteiger partial charge in [-0.15, -0.1) is 0 Å². The van der Waals surface area contributed by atoms with E-state index < -0.39 is 72.2 Å². The quantitative estimate of drug-likeness (QED) is 0.00980. The topological polar surface area (TPSA) is 316 Å². The average Bonchev–Trinajstić information content (AvgIpc) is 2.51. The number of primary amides is 1. The summed E-state index contributed by atoms with van der Waals surface area (Å²) in [5.74, 6) is -3.68. The molecule has 8 amide bonds. The van der Waals surface area contributed by atoms with Gasteiger partial charge in [-0.05, 0) is 103 Å². The fourth-order valence-corrected chi connectivity index (χ4v) is 8.79. The number of phenols is 1. The number of hydrogen-bond donors (Lipinski definition) is 9. The van der Waals surface area contributed by atoms with Crippen LogP contribution in [0.1, 0.15) is 76.6 Å². The van der Waals surface area contributed by atoms with Crippen molar-refractivity contribution in [1.82, 2.24) is 37.2 Å². The molecule has 22 nitrogen and oxygen atoms in total. The molecule has 0 bridgehead atoms.